The molecule has 2 unspecified atom stereocenters. The largest absolute Gasteiger partial charge is 0.338 e. The molecule has 6 nitrogen and oxygen atoms in total. The van der Waals surface area contributed by atoms with E-state index in [-0.39, 0.29) is 11.9 Å². The predicted octanol–water partition coefficient (Wildman–Crippen LogP) is 4.02. The molecule has 1 fully saturated rings. The number of hydrogen-bond donors (Lipinski definition) is 1. The van der Waals surface area contributed by atoms with Gasteiger partial charge in [-0.15, -0.1) is 0 Å². The number of fused-ring (bicyclic) bond motifs is 2. The highest BCUT2D eigenvalue weighted by atomic mass is 16.2. The second-order valence-corrected chi connectivity index (χ2v) is 8.84. The van der Waals surface area contributed by atoms with Crippen molar-refractivity contribution >= 4 is 27.8 Å². The molecule has 0 saturated carbocycles. The fraction of sp³-hybridized carbons (Fsp3) is 0.360. The van der Waals surface area contributed by atoms with E-state index < -0.39 is 0 Å². The summed E-state index contributed by atoms with van der Waals surface area (Å²) in [5, 5.41) is 1.21. The van der Waals surface area contributed by atoms with Crippen LogP contribution >= 0.6 is 0 Å². The van der Waals surface area contributed by atoms with Crippen LogP contribution in [0.25, 0.3) is 33.5 Å². The van der Waals surface area contributed by atoms with Crippen LogP contribution in [-0.4, -0.2) is 44.1 Å². The number of aryl methyl sites for hydroxylation is 2. The van der Waals surface area contributed by atoms with Gasteiger partial charge in [0.25, 0.3) is 5.91 Å². The molecule has 1 aliphatic heterocycles. The highest BCUT2D eigenvalue weighted by Gasteiger charge is 2.27. The Morgan fingerprint density at radius 1 is 1.13 bits per heavy atom. The van der Waals surface area contributed by atoms with Crippen molar-refractivity contribution in [2.45, 2.75) is 32.9 Å². The van der Waals surface area contributed by atoms with E-state index in [0.29, 0.717) is 18.0 Å². The van der Waals surface area contributed by atoms with Gasteiger partial charge in [0, 0.05) is 49.2 Å². The molecule has 0 aliphatic carbocycles. The summed E-state index contributed by atoms with van der Waals surface area (Å²) in [5.41, 5.74) is 11.0. The standard InChI is InChI=1S/C25H29N5O/c1-4-30-21-8-6-5-7-17(21)13-23(30)24-27-20-12-18(9-10-22(20)28(24)3)25(31)29-14-16(2)11-19(26)15-29/h5-10,12-13,16,19H,4,11,14-15,26H2,1-3H3. The highest BCUT2D eigenvalue weighted by Crippen LogP contribution is 2.30. The monoisotopic (exact) mass is 415 g/mol. The minimum atomic E-state index is 0.0405. The number of hydrogen-bond acceptors (Lipinski definition) is 3. The average molecular weight is 416 g/mol. The molecule has 1 aliphatic rings. The Bertz CT molecular complexity index is 1270. The summed E-state index contributed by atoms with van der Waals surface area (Å²) in [4.78, 5) is 20.0. The van der Waals surface area contributed by atoms with E-state index >= 15 is 0 Å². The van der Waals surface area contributed by atoms with Gasteiger partial charge in [0.15, 0.2) is 5.82 Å². The fourth-order valence-corrected chi connectivity index (χ4v) is 5.05. The van der Waals surface area contributed by atoms with Crippen molar-refractivity contribution in [1.82, 2.24) is 19.0 Å². The number of nitrogens with two attached hydrogens (primary N) is 1. The summed E-state index contributed by atoms with van der Waals surface area (Å²) in [7, 11) is 2.04. The number of rotatable bonds is 3. The molecule has 0 spiro atoms. The van der Waals surface area contributed by atoms with Crippen LogP contribution in [0.4, 0.5) is 0 Å². The van der Waals surface area contributed by atoms with Crippen LogP contribution in [0, 0.1) is 5.92 Å². The fourth-order valence-electron chi connectivity index (χ4n) is 5.05. The van der Waals surface area contributed by atoms with E-state index in [1.807, 2.05) is 30.1 Å². The zero-order valence-electron chi connectivity index (χ0n) is 18.4. The first-order valence-electron chi connectivity index (χ1n) is 11.1. The van der Waals surface area contributed by atoms with Crippen molar-refractivity contribution in [1.29, 1.82) is 0 Å². The minimum absolute atomic E-state index is 0.0405. The molecule has 2 atom stereocenters. The Labute approximate surface area is 182 Å². The van der Waals surface area contributed by atoms with E-state index in [2.05, 4.69) is 53.3 Å². The van der Waals surface area contributed by atoms with Gasteiger partial charge in [0.2, 0.25) is 0 Å². The lowest BCUT2D eigenvalue weighted by Crippen LogP contribution is -2.48. The second kappa shape index (κ2) is 7.54. The Kier molecular flexibility index (Phi) is 4.82. The summed E-state index contributed by atoms with van der Waals surface area (Å²) < 4.78 is 4.40. The van der Waals surface area contributed by atoms with Crippen LogP contribution in [0.3, 0.4) is 0 Å². The van der Waals surface area contributed by atoms with Crippen LogP contribution in [0.5, 0.6) is 0 Å². The van der Waals surface area contributed by atoms with E-state index in [1.54, 1.807) is 0 Å². The molecule has 31 heavy (non-hydrogen) atoms. The van der Waals surface area contributed by atoms with Gasteiger partial charge in [-0.05, 0) is 49.6 Å². The number of amides is 1. The van der Waals surface area contributed by atoms with E-state index in [4.69, 9.17) is 10.7 Å². The third-order valence-electron chi connectivity index (χ3n) is 6.46. The normalized spacial score (nSPS) is 19.4. The van der Waals surface area contributed by atoms with Crippen LogP contribution in [0.2, 0.25) is 0 Å². The van der Waals surface area contributed by atoms with E-state index in [9.17, 15) is 4.79 Å². The number of benzene rings is 2. The SMILES string of the molecule is CCn1c(-c2nc3cc(C(=O)N4CC(C)CC(N)C4)ccc3n2C)cc2ccccc21. The van der Waals surface area contributed by atoms with Gasteiger partial charge in [-0.1, -0.05) is 25.1 Å². The maximum atomic E-state index is 13.1. The number of para-hydroxylation sites is 1. The minimum Gasteiger partial charge on any atom is -0.338 e. The maximum absolute atomic E-state index is 13.1. The molecule has 6 heteroatoms. The topological polar surface area (TPSA) is 69.1 Å². The lowest BCUT2D eigenvalue weighted by Gasteiger charge is -2.34. The lowest BCUT2D eigenvalue weighted by atomic mass is 9.96. The molecule has 4 aromatic rings. The highest BCUT2D eigenvalue weighted by molar-refractivity contribution is 5.98. The summed E-state index contributed by atoms with van der Waals surface area (Å²) in [6, 6.07) is 16.5. The van der Waals surface area contributed by atoms with Crippen molar-refractivity contribution in [2.75, 3.05) is 13.1 Å². The van der Waals surface area contributed by atoms with Gasteiger partial charge in [-0.25, -0.2) is 4.98 Å². The van der Waals surface area contributed by atoms with Gasteiger partial charge in [0.1, 0.15) is 0 Å². The molecule has 1 amide bonds. The predicted molar refractivity (Wildman–Crippen MR) is 125 cm³/mol. The van der Waals surface area contributed by atoms with E-state index in [0.717, 1.165) is 42.1 Å². The molecular formula is C25H29N5O. The lowest BCUT2D eigenvalue weighted by molar-refractivity contribution is 0.0661. The molecule has 2 aromatic carbocycles. The first-order valence-corrected chi connectivity index (χ1v) is 11.1. The van der Waals surface area contributed by atoms with Crippen LogP contribution in [-0.2, 0) is 13.6 Å². The Balaban J connectivity index is 1.56. The number of likely N-dealkylation sites (tertiary alicyclic amines) is 1. The zero-order valence-corrected chi connectivity index (χ0v) is 18.4. The Hall–Kier alpha value is -3.12. The molecule has 2 aromatic heterocycles. The van der Waals surface area contributed by atoms with Crippen molar-refractivity contribution in [3.8, 4) is 11.5 Å². The van der Waals surface area contributed by atoms with Crippen LogP contribution in [0.1, 0.15) is 30.6 Å². The van der Waals surface area contributed by atoms with Crippen molar-refractivity contribution in [2.24, 2.45) is 18.7 Å². The zero-order chi connectivity index (χ0) is 21.7. The van der Waals surface area contributed by atoms with E-state index in [1.165, 1.54) is 10.9 Å². The van der Waals surface area contributed by atoms with Gasteiger partial charge in [0.05, 0.1) is 16.7 Å². The smallest absolute Gasteiger partial charge is 0.253 e. The molecule has 0 bridgehead atoms. The maximum Gasteiger partial charge on any atom is 0.253 e. The van der Waals surface area contributed by atoms with Gasteiger partial charge >= 0.3 is 0 Å². The van der Waals surface area contributed by atoms with Gasteiger partial charge in [-0.2, -0.15) is 0 Å². The van der Waals surface area contributed by atoms with Crippen LogP contribution < -0.4 is 5.73 Å². The van der Waals surface area contributed by atoms with Crippen molar-refractivity contribution < 1.29 is 4.79 Å². The molecule has 2 N–H and O–H groups in total. The first-order chi connectivity index (χ1) is 15.0. The quantitative estimate of drug-likeness (QED) is 0.549. The number of carbonyl (C=O) groups is 1. The molecule has 160 valence electrons. The number of carbonyl (C=O) groups excluding carboxylic acids is 1. The summed E-state index contributed by atoms with van der Waals surface area (Å²) in [6.07, 6.45) is 0.970. The Morgan fingerprint density at radius 2 is 1.94 bits per heavy atom. The Morgan fingerprint density at radius 3 is 2.71 bits per heavy atom. The number of aromatic nitrogens is 3. The molecule has 1 saturated heterocycles. The molecule has 5 rings (SSSR count). The molecule has 3 heterocycles. The van der Waals surface area contributed by atoms with Gasteiger partial charge in [-0.3, -0.25) is 4.79 Å². The third-order valence-corrected chi connectivity index (χ3v) is 6.46. The second-order valence-electron chi connectivity index (χ2n) is 8.84. The number of imidazole rings is 1. The summed E-state index contributed by atoms with van der Waals surface area (Å²) in [5.74, 6) is 1.37. The average Bonchev–Trinajstić information content (AvgIpc) is 3.29. The molecular weight excluding hydrogens is 386 g/mol. The van der Waals surface area contributed by atoms with Crippen molar-refractivity contribution in [3.63, 3.8) is 0 Å². The number of nitrogens with zero attached hydrogens (tertiary/aromatic N) is 4. The van der Waals surface area contributed by atoms with Gasteiger partial charge < -0.3 is 19.8 Å². The first kappa shape index (κ1) is 19.8. The summed E-state index contributed by atoms with van der Waals surface area (Å²) in [6.45, 7) is 6.54. The summed E-state index contributed by atoms with van der Waals surface area (Å²) >= 11 is 0. The van der Waals surface area contributed by atoms with Crippen LogP contribution in [0.15, 0.2) is 48.5 Å². The molecule has 0 radical (unpaired) electrons. The van der Waals surface area contributed by atoms with Crippen molar-refractivity contribution in [3.05, 3.63) is 54.1 Å². The third kappa shape index (κ3) is 3.31. The number of piperidine rings is 1.